The number of nitrogens with zero attached hydrogens (tertiary/aromatic N) is 2. The molecular weight excluding hydrogens is 268 g/mol. The van der Waals surface area contributed by atoms with Gasteiger partial charge in [-0.15, -0.1) is 5.10 Å². The fourth-order valence-corrected chi connectivity index (χ4v) is 2.18. The van der Waals surface area contributed by atoms with Gasteiger partial charge in [0.2, 0.25) is 0 Å². The average molecular weight is 286 g/mol. The van der Waals surface area contributed by atoms with Gasteiger partial charge in [0, 0.05) is 24.5 Å². The quantitative estimate of drug-likeness (QED) is 0.709. The fraction of sp³-hybridized carbons (Fsp3) is 0.636. The number of rotatable bonds is 7. The third kappa shape index (κ3) is 6.70. The van der Waals surface area contributed by atoms with E-state index in [1.165, 1.54) is 6.20 Å². The Morgan fingerprint density at radius 2 is 2.21 bits per heavy atom. The van der Waals surface area contributed by atoms with Crippen molar-refractivity contribution in [2.75, 3.05) is 11.9 Å². The maximum atomic E-state index is 11.6. The highest BCUT2D eigenvalue weighted by Crippen LogP contribution is 2.15. The predicted molar refractivity (Wildman–Crippen MR) is 72.1 cm³/mol. The van der Waals surface area contributed by atoms with Crippen molar-refractivity contribution >= 4 is 28.5 Å². The Bertz CT molecular complexity index is 408. The highest BCUT2D eigenvalue weighted by atomic mass is 32.1. The number of nitrogens with one attached hydrogen (secondary N) is 2. The third-order valence-electron chi connectivity index (χ3n) is 2.42. The Morgan fingerprint density at radius 1 is 1.47 bits per heavy atom. The second-order valence-corrected chi connectivity index (χ2v) is 5.50. The van der Waals surface area contributed by atoms with E-state index in [1.807, 2.05) is 13.8 Å². The lowest BCUT2D eigenvalue weighted by atomic mass is 9.94. The number of carboxylic acids is 1. The SMILES string of the molecule is CC(C)CC(CNC(=O)Nc1cnns1)CC(=O)O. The number of aliphatic carboxylic acids is 1. The fourth-order valence-electron chi connectivity index (χ4n) is 1.77. The number of aromatic nitrogens is 2. The molecule has 0 aliphatic rings. The molecule has 8 heteroatoms. The van der Waals surface area contributed by atoms with E-state index in [2.05, 4.69) is 20.2 Å². The number of carbonyl (C=O) groups is 2. The molecule has 106 valence electrons. The normalized spacial score (nSPS) is 12.2. The van der Waals surface area contributed by atoms with Crippen molar-refractivity contribution in [3.05, 3.63) is 6.20 Å². The minimum Gasteiger partial charge on any atom is -0.481 e. The molecule has 0 aromatic carbocycles. The van der Waals surface area contributed by atoms with E-state index in [1.54, 1.807) is 0 Å². The molecule has 0 spiro atoms. The molecule has 1 rings (SSSR count). The molecule has 0 aliphatic carbocycles. The third-order valence-corrected chi connectivity index (χ3v) is 3.00. The predicted octanol–water partition coefficient (Wildman–Crippen LogP) is 1.80. The van der Waals surface area contributed by atoms with Crippen molar-refractivity contribution in [2.24, 2.45) is 11.8 Å². The van der Waals surface area contributed by atoms with Gasteiger partial charge in [0.15, 0.2) is 0 Å². The van der Waals surface area contributed by atoms with Crippen LogP contribution in [-0.4, -0.2) is 33.2 Å². The summed E-state index contributed by atoms with van der Waals surface area (Å²) in [5.74, 6) is -0.526. The van der Waals surface area contributed by atoms with E-state index in [-0.39, 0.29) is 18.4 Å². The van der Waals surface area contributed by atoms with Crippen molar-refractivity contribution in [1.29, 1.82) is 0 Å². The molecule has 1 atom stereocenters. The first kappa shape index (κ1) is 15.4. The molecule has 7 nitrogen and oxygen atoms in total. The Balaban J connectivity index is 2.37. The molecule has 1 aromatic rings. The van der Waals surface area contributed by atoms with Crippen LogP contribution in [0.25, 0.3) is 0 Å². The van der Waals surface area contributed by atoms with E-state index < -0.39 is 5.97 Å². The molecule has 0 fully saturated rings. The first-order valence-corrected chi connectivity index (χ1v) is 6.78. The van der Waals surface area contributed by atoms with Crippen molar-refractivity contribution in [2.45, 2.75) is 26.7 Å². The van der Waals surface area contributed by atoms with Crippen molar-refractivity contribution in [3.63, 3.8) is 0 Å². The zero-order chi connectivity index (χ0) is 14.3. The van der Waals surface area contributed by atoms with Crippen LogP contribution in [0.5, 0.6) is 0 Å². The van der Waals surface area contributed by atoms with Crippen LogP contribution in [0.4, 0.5) is 9.80 Å². The largest absolute Gasteiger partial charge is 0.481 e. The molecule has 0 saturated carbocycles. The van der Waals surface area contributed by atoms with Crippen LogP contribution in [0.15, 0.2) is 6.20 Å². The second kappa shape index (κ2) is 7.67. The van der Waals surface area contributed by atoms with Gasteiger partial charge in [-0.05, 0) is 18.3 Å². The molecule has 0 radical (unpaired) electrons. The molecule has 0 bridgehead atoms. The standard InChI is InChI=1S/C11H18N4O3S/c1-7(2)3-8(4-10(16)17)5-12-11(18)14-9-6-13-15-19-9/h6-8H,3-5H2,1-2H3,(H,16,17)(H2,12,14,18). The van der Waals surface area contributed by atoms with Crippen LogP contribution < -0.4 is 10.6 Å². The van der Waals surface area contributed by atoms with Gasteiger partial charge in [-0.3, -0.25) is 10.1 Å². The summed E-state index contributed by atoms with van der Waals surface area (Å²) in [6.07, 6.45) is 2.27. The van der Waals surface area contributed by atoms with Crippen LogP contribution in [0.3, 0.4) is 0 Å². The van der Waals surface area contributed by atoms with E-state index in [0.717, 1.165) is 18.0 Å². The number of hydrogen-bond acceptors (Lipinski definition) is 5. The number of carboxylic acid groups (broad SMARTS) is 1. The van der Waals surface area contributed by atoms with Gasteiger partial charge in [-0.2, -0.15) is 0 Å². The van der Waals surface area contributed by atoms with E-state index in [9.17, 15) is 9.59 Å². The number of amides is 2. The maximum absolute atomic E-state index is 11.6. The minimum atomic E-state index is -0.848. The zero-order valence-corrected chi connectivity index (χ0v) is 11.7. The molecular formula is C11H18N4O3S. The van der Waals surface area contributed by atoms with Gasteiger partial charge in [-0.1, -0.05) is 18.3 Å². The molecule has 1 unspecified atom stereocenters. The van der Waals surface area contributed by atoms with Gasteiger partial charge in [0.05, 0.1) is 6.20 Å². The highest BCUT2D eigenvalue weighted by Gasteiger charge is 2.16. The van der Waals surface area contributed by atoms with Crippen LogP contribution in [0.2, 0.25) is 0 Å². The number of urea groups is 1. The molecule has 2 amide bonds. The van der Waals surface area contributed by atoms with E-state index >= 15 is 0 Å². The lowest BCUT2D eigenvalue weighted by molar-refractivity contribution is -0.138. The Labute approximate surface area is 115 Å². The van der Waals surface area contributed by atoms with Crippen LogP contribution in [-0.2, 0) is 4.79 Å². The maximum Gasteiger partial charge on any atom is 0.319 e. The first-order valence-electron chi connectivity index (χ1n) is 6.01. The molecule has 0 aliphatic heterocycles. The Morgan fingerprint density at radius 3 is 2.74 bits per heavy atom. The molecule has 19 heavy (non-hydrogen) atoms. The number of hydrogen-bond donors (Lipinski definition) is 3. The summed E-state index contributed by atoms with van der Waals surface area (Å²) in [7, 11) is 0. The van der Waals surface area contributed by atoms with Crippen LogP contribution >= 0.6 is 11.5 Å². The Hall–Kier alpha value is -1.70. The summed E-state index contributed by atoms with van der Waals surface area (Å²) in [6.45, 7) is 4.39. The number of anilines is 1. The lowest BCUT2D eigenvalue weighted by Crippen LogP contribution is -2.34. The van der Waals surface area contributed by atoms with Crippen LogP contribution in [0.1, 0.15) is 26.7 Å². The molecule has 1 heterocycles. The van der Waals surface area contributed by atoms with Gasteiger partial charge in [0.25, 0.3) is 0 Å². The van der Waals surface area contributed by atoms with Crippen molar-refractivity contribution in [1.82, 2.24) is 14.9 Å². The topological polar surface area (TPSA) is 104 Å². The minimum absolute atomic E-state index is 0.0561. The first-order chi connectivity index (χ1) is 8.97. The second-order valence-electron chi connectivity index (χ2n) is 4.71. The molecule has 1 aromatic heterocycles. The monoisotopic (exact) mass is 286 g/mol. The lowest BCUT2D eigenvalue weighted by Gasteiger charge is -2.17. The van der Waals surface area contributed by atoms with Gasteiger partial charge < -0.3 is 10.4 Å². The zero-order valence-electron chi connectivity index (χ0n) is 10.9. The van der Waals surface area contributed by atoms with Gasteiger partial charge in [0.1, 0.15) is 5.00 Å². The van der Waals surface area contributed by atoms with Gasteiger partial charge in [-0.25, -0.2) is 4.79 Å². The number of carbonyl (C=O) groups excluding carboxylic acids is 1. The van der Waals surface area contributed by atoms with E-state index in [4.69, 9.17) is 5.11 Å². The summed E-state index contributed by atoms with van der Waals surface area (Å²) in [4.78, 5) is 22.3. The van der Waals surface area contributed by atoms with Crippen LogP contribution in [0, 0.1) is 11.8 Å². The van der Waals surface area contributed by atoms with Gasteiger partial charge >= 0.3 is 12.0 Å². The highest BCUT2D eigenvalue weighted by molar-refractivity contribution is 7.10. The average Bonchev–Trinajstić information content (AvgIpc) is 2.77. The molecule has 0 saturated heterocycles. The summed E-state index contributed by atoms with van der Waals surface area (Å²) in [5, 5.41) is 18.2. The Kier molecular flexibility index (Phi) is 6.20. The van der Waals surface area contributed by atoms with E-state index in [0.29, 0.717) is 17.5 Å². The molecule has 3 N–H and O–H groups in total. The smallest absolute Gasteiger partial charge is 0.319 e. The van der Waals surface area contributed by atoms with Crippen molar-refractivity contribution in [3.8, 4) is 0 Å². The summed E-state index contributed by atoms with van der Waals surface area (Å²) < 4.78 is 3.62. The summed E-state index contributed by atoms with van der Waals surface area (Å²) in [5.41, 5.74) is 0. The summed E-state index contributed by atoms with van der Waals surface area (Å²) in [6, 6.07) is -0.370. The van der Waals surface area contributed by atoms with Crippen molar-refractivity contribution < 1.29 is 14.7 Å². The summed E-state index contributed by atoms with van der Waals surface area (Å²) >= 11 is 1.08.